The van der Waals surface area contributed by atoms with E-state index in [1.165, 1.54) is 12.7 Å². The molecule has 0 aliphatic heterocycles. The topological polar surface area (TPSA) is 46.2 Å². The van der Waals surface area contributed by atoms with Crippen LogP contribution in [0.2, 0.25) is 0 Å². The van der Waals surface area contributed by atoms with Crippen LogP contribution in [-0.2, 0) is 9.84 Å². The van der Waals surface area contributed by atoms with Gasteiger partial charge in [0.15, 0.2) is 0 Å². The molecule has 0 aromatic carbocycles. The molecule has 0 aromatic rings. The van der Waals surface area contributed by atoms with Crippen molar-refractivity contribution in [3.05, 3.63) is 0 Å². The standard InChI is InChI=1S/C9H19NO2S/c1-7-4-9(7)5-10-8(2)6-13(3,11)12/h7-10H,4-6H2,1-3H3. The molecule has 78 valence electrons. The lowest BCUT2D eigenvalue weighted by molar-refractivity contribution is 0.535. The van der Waals surface area contributed by atoms with E-state index in [9.17, 15) is 8.42 Å². The summed E-state index contributed by atoms with van der Waals surface area (Å²) in [5.74, 6) is 1.86. The van der Waals surface area contributed by atoms with Crippen LogP contribution in [0.4, 0.5) is 0 Å². The first-order valence-corrected chi connectivity index (χ1v) is 6.85. The van der Waals surface area contributed by atoms with Crippen molar-refractivity contribution in [2.45, 2.75) is 26.3 Å². The molecule has 1 aliphatic rings. The lowest BCUT2D eigenvalue weighted by Crippen LogP contribution is -2.34. The van der Waals surface area contributed by atoms with E-state index in [4.69, 9.17) is 0 Å². The van der Waals surface area contributed by atoms with Gasteiger partial charge in [-0.25, -0.2) is 8.42 Å². The maximum atomic E-state index is 10.9. The van der Waals surface area contributed by atoms with Crippen LogP contribution in [0.15, 0.2) is 0 Å². The van der Waals surface area contributed by atoms with E-state index in [1.54, 1.807) is 0 Å². The van der Waals surface area contributed by atoms with E-state index in [1.807, 2.05) is 6.92 Å². The Balaban J connectivity index is 2.14. The maximum Gasteiger partial charge on any atom is 0.148 e. The molecule has 0 saturated heterocycles. The lowest BCUT2D eigenvalue weighted by atomic mass is 10.3. The number of sulfone groups is 1. The van der Waals surface area contributed by atoms with Crippen LogP contribution < -0.4 is 5.32 Å². The first-order chi connectivity index (χ1) is 5.88. The van der Waals surface area contributed by atoms with E-state index in [0.717, 1.165) is 18.4 Å². The highest BCUT2D eigenvalue weighted by atomic mass is 32.2. The van der Waals surface area contributed by atoms with E-state index in [2.05, 4.69) is 12.2 Å². The van der Waals surface area contributed by atoms with Gasteiger partial charge in [0.25, 0.3) is 0 Å². The average Bonchev–Trinajstić information content (AvgIpc) is 2.58. The predicted octanol–water partition coefficient (Wildman–Crippen LogP) is 0.665. The molecule has 1 fully saturated rings. The van der Waals surface area contributed by atoms with Crippen LogP contribution in [-0.4, -0.2) is 33.0 Å². The second-order valence-corrected chi connectivity index (χ2v) is 6.56. The van der Waals surface area contributed by atoms with Crippen LogP contribution in [0.1, 0.15) is 20.3 Å². The molecule has 0 amide bonds. The third-order valence-electron chi connectivity index (χ3n) is 2.56. The molecule has 4 heteroatoms. The zero-order valence-electron chi connectivity index (χ0n) is 8.58. The summed E-state index contributed by atoms with van der Waals surface area (Å²) in [6.45, 7) is 5.12. The summed E-state index contributed by atoms with van der Waals surface area (Å²) >= 11 is 0. The van der Waals surface area contributed by atoms with E-state index >= 15 is 0 Å². The Kier molecular flexibility index (Phi) is 3.35. The largest absolute Gasteiger partial charge is 0.313 e. The minimum atomic E-state index is -2.83. The molecule has 3 nitrogen and oxygen atoms in total. The van der Waals surface area contributed by atoms with Crippen molar-refractivity contribution in [1.29, 1.82) is 0 Å². The number of hydrogen-bond donors (Lipinski definition) is 1. The summed E-state index contributed by atoms with van der Waals surface area (Å²) < 4.78 is 21.9. The lowest BCUT2D eigenvalue weighted by Gasteiger charge is -2.11. The zero-order chi connectivity index (χ0) is 10.1. The van der Waals surface area contributed by atoms with Crippen LogP contribution >= 0.6 is 0 Å². The van der Waals surface area contributed by atoms with E-state index in [0.29, 0.717) is 0 Å². The quantitative estimate of drug-likeness (QED) is 0.717. The normalized spacial score (nSPS) is 30.1. The first kappa shape index (κ1) is 11.0. The van der Waals surface area contributed by atoms with Gasteiger partial charge in [-0.1, -0.05) is 6.92 Å². The summed E-state index contributed by atoms with van der Waals surface area (Å²) in [5, 5.41) is 3.25. The van der Waals surface area contributed by atoms with Gasteiger partial charge < -0.3 is 5.32 Å². The average molecular weight is 205 g/mol. The molecule has 0 aromatic heterocycles. The summed E-state index contributed by atoms with van der Waals surface area (Å²) in [6, 6.07) is 0.0859. The smallest absolute Gasteiger partial charge is 0.148 e. The highest BCUT2D eigenvalue weighted by Crippen LogP contribution is 2.36. The van der Waals surface area contributed by atoms with Crippen molar-refractivity contribution in [3.63, 3.8) is 0 Å². The van der Waals surface area contributed by atoms with Gasteiger partial charge in [0, 0.05) is 12.3 Å². The molecule has 0 heterocycles. The van der Waals surface area contributed by atoms with Crippen molar-refractivity contribution in [2.75, 3.05) is 18.6 Å². The second kappa shape index (κ2) is 3.96. The summed E-state index contributed by atoms with van der Waals surface area (Å²) in [5.41, 5.74) is 0. The molecular weight excluding hydrogens is 186 g/mol. The molecule has 1 N–H and O–H groups in total. The van der Waals surface area contributed by atoms with Gasteiger partial charge in [-0.2, -0.15) is 0 Å². The number of nitrogens with one attached hydrogen (secondary N) is 1. The molecule has 1 aliphatic carbocycles. The minimum Gasteiger partial charge on any atom is -0.313 e. The van der Waals surface area contributed by atoms with E-state index < -0.39 is 9.84 Å². The van der Waals surface area contributed by atoms with Crippen molar-refractivity contribution >= 4 is 9.84 Å². The van der Waals surface area contributed by atoms with Gasteiger partial charge in [-0.05, 0) is 31.7 Å². The van der Waals surface area contributed by atoms with Crippen LogP contribution in [0, 0.1) is 11.8 Å². The van der Waals surface area contributed by atoms with Crippen molar-refractivity contribution in [3.8, 4) is 0 Å². The highest BCUT2D eigenvalue weighted by molar-refractivity contribution is 7.90. The molecule has 1 rings (SSSR count). The number of rotatable bonds is 5. The van der Waals surface area contributed by atoms with Crippen molar-refractivity contribution in [1.82, 2.24) is 5.32 Å². The molecule has 0 bridgehead atoms. The molecule has 1 saturated carbocycles. The minimum absolute atomic E-state index is 0.0859. The SMILES string of the molecule is CC(CS(C)(=O)=O)NCC1CC1C. The Bertz CT molecular complexity index is 261. The number of hydrogen-bond acceptors (Lipinski definition) is 3. The summed E-state index contributed by atoms with van der Waals surface area (Å²) in [7, 11) is -2.83. The third kappa shape index (κ3) is 4.62. The van der Waals surface area contributed by atoms with E-state index in [-0.39, 0.29) is 11.8 Å². The molecular formula is C9H19NO2S. The Morgan fingerprint density at radius 3 is 2.46 bits per heavy atom. The van der Waals surface area contributed by atoms with Gasteiger partial charge in [-0.3, -0.25) is 0 Å². The Labute approximate surface area is 80.8 Å². The highest BCUT2D eigenvalue weighted by Gasteiger charge is 2.32. The Hall–Kier alpha value is -0.0900. The first-order valence-electron chi connectivity index (χ1n) is 4.79. The summed E-state index contributed by atoms with van der Waals surface area (Å²) in [4.78, 5) is 0. The fourth-order valence-electron chi connectivity index (χ4n) is 1.55. The second-order valence-electron chi connectivity index (χ2n) is 4.37. The molecule has 13 heavy (non-hydrogen) atoms. The maximum absolute atomic E-state index is 10.9. The van der Waals surface area contributed by atoms with Gasteiger partial charge in [0.05, 0.1) is 5.75 Å². The molecule has 0 spiro atoms. The third-order valence-corrected chi connectivity index (χ3v) is 3.66. The molecule has 3 unspecified atom stereocenters. The fraction of sp³-hybridized carbons (Fsp3) is 1.00. The van der Waals surface area contributed by atoms with Gasteiger partial charge in [-0.15, -0.1) is 0 Å². The van der Waals surface area contributed by atoms with Crippen LogP contribution in [0.3, 0.4) is 0 Å². The predicted molar refractivity (Wildman–Crippen MR) is 54.4 cm³/mol. The van der Waals surface area contributed by atoms with Crippen LogP contribution in [0.25, 0.3) is 0 Å². The van der Waals surface area contributed by atoms with Gasteiger partial charge >= 0.3 is 0 Å². The Morgan fingerprint density at radius 2 is 2.08 bits per heavy atom. The zero-order valence-corrected chi connectivity index (χ0v) is 9.39. The molecule has 3 atom stereocenters. The molecule has 0 radical (unpaired) electrons. The summed E-state index contributed by atoms with van der Waals surface area (Å²) in [6.07, 6.45) is 2.57. The Morgan fingerprint density at radius 1 is 1.54 bits per heavy atom. The van der Waals surface area contributed by atoms with Gasteiger partial charge in [0.2, 0.25) is 0 Å². The van der Waals surface area contributed by atoms with Crippen molar-refractivity contribution in [2.24, 2.45) is 11.8 Å². The van der Waals surface area contributed by atoms with Crippen molar-refractivity contribution < 1.29 is 8.42 Å². The monoisotopic (exact) mass is 205 g/mol. The van der Waals surface area contributed by atoms with Crippen LogP contribution in [0.5, 0.6) is 0 Å². The van der Waals surface area contributed by atoms with Gasteiger partial charge in [0.1, 0.15) is 9.84 Å². The fourth-order valence-corrected chi connectivity index (χ4v) is 2.58.